The SMILES string of the molecule is C\C=C/C=C1/CCCC/C1=N\CCCC/C=C\C=C/CCCC[n+]1cccc2c1CCCC2. The molecule has 2 aliphatic rings. The maximum atomic E-state index is 4.91. The molecule has 2 heteroatoms. The Balaban J connectivity index is 1.23. The minimum atomic E-state index is 0.981. The predicted molar refractivity (Wildman–Crippen MR) is 143 cm³/mol. The largest absolute Gasteiger partial charge is 0.289 e. The van der Waals surface area contributed by atoms with Crippen molar-refractivity contribution in [1.82, 2.24) is 0 Å². The number of aromatic nitrogens is 1. The second-order valence-corrected chi connectivity index (χ2v) is 9.48. The Labute approximate surface area is 202 Å². The van der Waals surface area contributed by atoms with Crippen molar-refractivity contribution in [3.63, 3.8) is 0 Å². The molecule has 0 amide bonds. The van der Waals surface area contributed by atoms with E-state index in [1.54, 1.807) is 11.3 Å². The summed E-state index contributed by atoms with van der Waals surface area (Å²) >= 11 is 0. The minimum absolute atomic E-state index is 0.981. The number of aliphatic imine (C=N–C) groups is 1. The summed E-state index contributed by atoms with van der Waals surface area (Å²) in [5.41, 5.74) is 6.01. The summed E-state index contributed by atoms with van der Waals surface area (Å²) in [4.78, 5) is 4.91. The molecule has 0 aliphatic heterocycles. The maximum absolute atomic E-state index is 4.91. The first-order valence-electron chi connectivity index (χ1n) is 13.6. The van der Waals surface area contributed by atoms with Crippen molar-refractivity contribution < 1.29 is 4.57 Å². The first kappa shape index (κ1) is 25.4. The van der Waals surface area contributed by atoms with Crippen LogP contribution in [0.3, 0.4) is 0 Å². The van der Waals surface area contributed by atoms with Gasteiger partial charge in [-0.2, -0.15) is 0 Å². The van der Waals surface area contributed by atoms with Crippen LogP contribution in [0.5, 0.6) is 0 Å². The lowest BCUT2D eigenvalue weighted by atomic mass is 9.92. The summed E-state index contributed by atoms with van der Waals surface area (Å²) in [5.74, 6) is 0. The molecule has 0 radical (unpaired) electrons. The van der Waals surface area contributed by atoms with Crippen LogP contribution in [0.25, 0.3) is 0 Å². The van der Waals surface area contributed by atoms with E-state index in [-0.39, 0.29) is 0 Å². The summed E-state index contributed by atoms with van der Waals surface area (Å²) in [5, 5.41) is 0. The smallest absolute Gasteiger partial charge is 0.184 e. The molecule has 0 spiro atoms. The van der Waals surface area contributed by atoms with Crippen LogP contribution in [0.2, 0.25) is 0 Å². The molecule has 1 aromatic rings. The van der Waals surface area contributed by atoms with Crippen LogP contribution >= 0.6 is 0 Å². The standard InChI is InChI=1S/C31H45N2/c1-2-3-19-28-20-12-14-23-30(28)32-25-16-10-8-6-4-5-7-9-11-17-26-33-27-18-22-29-21-13-15-24-31(29)33/h2-7,18-19,22,27H,8-17,20-21,23-26H2,1H3/q+1/b3-2-,6-4-,7-5-,28-19-,32-30+. The van der Waals surface area contributed by atoms with Crippen LogP contribution in [0.1, 0.15) is 95.2 Å². The Morgan fingerprint density at radius 3 is 2.45 bits per heavy atom. The highest BCUT2D eigenvalue weighted by Gasteiger charge is 2.18. The third-order valence-corrected chi connectivity index (χ3v) is 6.85. The number of unbranched alkanes of at least 4 members (excludes halogenated alkanes) is 4. The van der Waals surface area contributed by atoms with E-state index in [4.69, 9.17) is 4.99 Å². The molecule has 0 aromatic carbocycles. The molecule has 0 bridgehead atoms. The number of fused-ring (bicyclic) bond motifs is 1. The number of pyridine rings is 1. The lowest BCUT2D eigenvalue weighted by Gasteiger charge is -2.16. The van der Waals surface area contributed by atoms with E-state index in [9.17, 15) is 0 Å². The van der Waals surface area contributed by atoms with Crippen molar-refractivity contribution in [2.75, 3.05) is 6.54 Å². The third-order valence-electron chi connectivity index (χ3n) is 6.85. The van der Waals surface area contributed by atoms with Gasteiger partial charge in [-0.3, -0.25) is 4.99 Å². The van der Waals surface area contributed by atoms with Crippen LogP contribution in [0.4, 0.5) is 0 Å². The third kappa shape index (κ3) is 9.27. The summed E-state index contributed by atoms with van der Waals surface area (Å²) in [6.07, 6.45) is 35.4. The van der Waals surface area contributed by atoms with Gasteiger partial charge in [-0.05, 0) is 95.6 Å². The van der Waals surface area contributed by atoms with Gasteiger partial charge in [0.25, 0.3) is 0 Å². The second kappa shape index (κ2) is 15.6. The molecule has 1 heterocycles. The van der Waals surface area contributed by atoms with Gasteiger partial charge in [0.2, 0.25) is 0 Å². The highest BCUT2D eigenvalue weighted by molar-refractivity contribution is 6.01. The van der Waals surface area contributed by atoms with Crippen LogP contribution in [-0.2, 0) is 19.4 Å². The van der Waals surface area contributed by atoms with Crippen molar-refractivity contribution in [1.29, 1.82) is 0 Å². The Kier molecular flexibility index (Phi) is 12.0. The predicted octanol–water partition coefficient (Wildman–Crippen LogP) is 7.82. The van der Waals surface area contributed by atoms with E-state index in [2.05, 4.69) is 72.4 Å². The number of hydrogen-bond acceptors (Lipinski definition) is 1. The number of aryl methyl sites for hydroxylation is 2. The number of nitrogens with zero attached hydrogens (tertiary/aromatic N) is 2. The molecule has 178 valence electrons. The monoisotopic (exact) mass is 445 g/mol. The molecule has 1 aromatic heterocycles. The minimum Gasteiger partial charge on any atom is -0.289 e. The average molecular weight is 446 g/mol. The molecule has 0 N–H and O–H groups in total. The van der Waals surface area contributed by atoms with E-state index < -0.39 is 0 Å². The molecular formula is C31H45N2+. The first-order valence-corrected chi connectivity index (χ1v) is 13.6. The fourth-order valence-electron chi connectivity index (χ4n) is 4.95. The van der Waals surface area contributed by atoms with Gasteiger partial charge < -0.3 is 0 Å². The van der Waals surface area contributed by atoms with Gasteiger partial charge in [-0.25, -0.2) is 4.57 Å². The van der Waals surface area contributed by atoms with Crippen LogP contribution in [-0.4, -0.2) is 12.3 Å². The molecule has 0 atom stereocenters. The zero-order valence-electron chi connectivity index (χ0n) is 21.0. The molecule has 1 saturated carbocycles. The fourth-order valence-corrected chi connectivity index (χ4v) is 4.95. The Morgan fingerprint density at radius 2 is 1.61 bits per heavy atom. The van der Waals surface area contributed by atoms with Crippen LogP contribution in [0, 0.1) is 0 Å². The van der Waals surface area contributed by atoms with E-state index in [1.165, 1.54) is 101 Å². The van der Waals surface area contributed by atoms with Gasteiger partial charge in [-0.1, -0.05) is 42.5 Å². The average Bonchev–Trinajstić information content (AvgIpc) is 2.86. The summed E-state index contributed by atoms with van der Waals surface area (Å²) < 4.78 is 2.51. The normalized spacial score (nSPS) is 19.4. The van der Waals surface area contributed by atoms with Crippen molar-refractivity contribution >= 4 is 5.71 Å². The Bertz CT molecular complexity index is 854. The lowest BCUT2D eigenvalue weighted by molar-refractivity contribution is -0.705. The molecular weight excluding hydrogens is 400 g/mol. The molecule has 0 unspecified atom stereocenters. The Hall–Kier alpha value is -2.22. The van der Waals surface area contributed by atoms with E-state index in [1.807, 2.05) is 0 Å². The zero-order chi connectivity index (χ0) is 23.0. The van der Waals surface area contributed by atoms with Crippen molar-refractivity contribution in [3.8, 4) is 0 Å². The lowest BCUT2D eigenvalue weighted by Crippen LogP contribution is -2.40. The van der Waals surface area contributed by atoms with Crippen molar-refractivity contribution in [2.45, 2.75) is 103 Å². The summed E-state index contributed by atoms with van der Waals surface area (Å²) in [7, 11) is 0. The van der Waals surface area contributed by atoms with Crippen molar-refractivity contribution in [3.05, 3.63) is 77.7 Å². The maximum Gasteiger partial charge on any atom is 0.184 e. The summed E-state index contributed by atoms with van der Waals surface area (Å²) in [6, 6.07) is 4.56. The van der Waals surface area contributed by atoms with E-state index in [0.29, 0.717) is 0 Å². The van der Waals surface area contributed by atoms with Gasteiger partial charge >= 0.3 is 0 Å². The topological polar surface area (TPSA) is 16.2 Å². The highest BCUT2D eigenvalue weighted by atomic mass is 15.0. The molecule has 0 saturated heterocycles. The van der Waals surface area contributed by atoms with Gasteiger partial charge in [0.15, 0.2) is 11.9 Å². The Morgan fingerprint density at radius 1 is 0.848 bits per heavy atom. The number of allylic oxidation sites excluding steroid dienone is 8. The van der Waals surface area contributed by atoms with Gasteiger partial charge in [-0.15, -0.1) is 0 Å². The first-order chi connectivity index (χ1) is 16.4. The van der Waals surface area contributed by atoms with Crippen LogP contribution in [0.15, 0.2) is 71.4 Å². The fraction of sp³-hybridized carbons (Fsp3) is 0.548. The van der Waals surface area contributed by atoms with Gasteiger partial charge in [0, 0.05) is 36.7 Å². The highest BCUT2D eigenvalue weighted by Crippen LogP contribution is 2.21. The zero-order valence-corrected chi connectivity index (χ0v) is 21.0. The van der Waals surface area contributed by atoms with Gasteiger partial charge in [0.05, 0.1) is 0 Å². The second-order valence-electron chi connectivity index (χ2n) is 9.48. The van der Waals surface area contributed by atoms with E-state index in [0.717, 1.165) is 13.0 Å². The van der Waals surface area contributed by atoms with Crippen LogP contribution < -0.4 is 4.57 Å². The number of hydrogen-bond donors (Lipinski definition) is 0. The molecule has 3 rings (SSSR count). The number of rotatable bonds is 12. The quantitative estimate of drug-likeness (QED) is 0.177. The molecule has 33 heavy (non-hydrogen) atoms. The molecule has 1 fully saturated rings. The van der Waals surface area contributed by atoms with Crippen molar-refractivity contribution in [2.24, 2.45) is 4.99 Å². The summed E-state index contributed by atoms with van der Waals surface area (Å²) in [6.45, 7) is 4.23. The molecule has 2 nitrogen and oxygen atoms in total. The van der Waals surface area contributed by atoms with Gasteiger partial charge in [0.1, 0.15) is 6.54 Å². The molecule has 2 aliphatic carbocycles. The van der Waals surface area contributed by atoms with E-state index >= 15 is 0 Å².